The summed E-state index contributed by atoms with van der Waals surface area (Å²) < 4.78 is 1.80. The van der Waals surface area contributed by atoms with Gasteiger partial charge in [0.25, 0.3) is 0 Å². The Balaban J connectivity index is 1.50. The summed E-state index contributed by atoms with van der Waals surface area (Å²) >= 11 is 0. The highest BCUT2D eigenvalue weighted by molar-refractivity contribution is 5.97. The number of hydrogen-bond acceptors (Lipinski definition) is 7. The SMILES string of the molecule is CC(C)[NH2+]CN=NC(=N)c1cccc(Nc2ncnn3ccc(CN4CC(C#N)C4)c23)c1. The number of nitriles is 1. The lowest BCUT2D eigenvalue weighted by atomic mass is 10.0. The van der Waals surface area contributed by atoms with Crippen LogP contribution in [0.1, 0.15) is 25.0 Å². The first-order chi connectivity index (χ1) is 15.5. The summed E-state index contributed by atoms with van der Waals surface area (Å²) in [4.78, 5) is 6.70. The minimum absolute atomic E-state index is 0.117. The quantitative estimate of drug-likeness (QED) is 0.285. The van der Waals surface area contributed by atoms with Crippen molar-refractivity contribution < 1.29 is 5.32 Å². The molecule has 1 fully saturated rings. The van der Waals surface area contributed by atoms with Crippen LogP contribution in [0.2, 0.25) is 0 Å². The zero-order valence-electron chi connectivity index (χ0n) is 18.2. The number of fused-ring (bicyclic) bond motifs is 1. The standard InChI is InChI=1S/C22H26N10/c1-15(2)25-13-27-30-21(24)17-4-3-5-19(8-17)29-22-20-18(6-7-32(20)28-14-26-22)12-31-10-16(9-23)11-31/h3-8,14-16,24-25H,10-13H2,1-2H3,(H,26,28,29)/p+1. The van der Waals surface area contributed by atoms with Crippen LogP contribution in [0.4, 0.5) is 11.5 Å². The maximum Gasteiger partial charge on any atom is 0.189 e. The molecule has 2 aromatic heterocycles. The topological polar surface area (TPSA) is 134 Å². The van der Waals surface area contributed by atoms with Crippen molar-refractivity contribution >= 4 is 22.9 Å². The van der Waals surface area contributed by atoms with Gasteiger partial charge < -0.3 is 10.6 Å². The number of aromatic nitrogens is 3. The number of nitrogens with one attached hydrogen (secondary N) is 2. The molecular weight excluding hydrogens is 404 g/mol. The molecule has 0 radical (unpaired) electrons. The lowest BCUT2D eigenvalue weighted by Gasteiger charge is -2.35. The highest BCUT2D eigenvalue weighted by Crippen LogP contribution is 2.26. The number of nitrogens with zero attached hydrogens (tertiary/aromatic N) is 7. The Labute approximate surface area is 186 Å². The normalized spacial score (nSPS) is 14.7. The minimum Gasteiger partial charge on any atom is -0.338 e. The van der Waals surface area contributed by atoms with Gasteiger partial charge in [0, 0.05) is 37.1 Å². The number of likely N-dealkylation sites (tertiary alicyclic amines) is 1. The van der Waals surface area contributed by atoms with Crippen LogP contribution in [-0.2, 0) is 6.54 Å². The fraction of sp³-hybridized carbons (Fsp3) is 0.364. The van der Waals surface area contributed by atoms with Gasteiger partial charge in [-0.05, 0) is 37.6 Å². The molecule has 0 spiro atoms. The summed E-state index contributed by atoms with van der Waals surface area (Å²) in [6.45, 7) is 7.00. The average molecular weight is 432 g/mol. The number of amidine groups is 1. The van der Waals surface area contributed by atoms with Crippen molar-refractivity contribution in [2.75, 3.05) is 25.1 Å². The first-order valence-electron chi connectivity index (χ1n) is 10.6. The number of rotatable bonds is 8. The van der Waals surface area contributed by atoms with Crippen molar-refractivity contribution in [3.63, 3.8) is 0 Å². The number of benzene rings is 1. The summed E-state index contributed by atoms with van der Waals surface area (Å²) in [5.74, 6) is 0.928. The molecule has 0 amide bonds. The zero-order chi connectivity index (χ0) is 22.5. The van der Waals surface area contributed by atoms with E-state index in [1.807, 2.05) is 41.8 Å². The fourth-order valence-electron chi connectivity index (χ4n) is 3.57. The van der Waals surface area contributed by atoms with E-state index in [2.05, 4.69) is 50.4 Å². The maximum atomic E-state index is 9.01. The summed E-state index contributed by atoms with van der Waals surface area (Å²) in [5.41, 5.74) is 3.48. The first-order valence-corrected chi connectivity index (χ1v) is 10.6. The van der Waals surface area contributed by atoms with Gasteiger partial charge in [-0.3, -0.25) is 10.3 Å². The number of hydrogen-bond donors (Lipinski definition) is 3. The third kappa shape index (κ3) is 4.96. The van der Waals surface area contributed by atoms with Gasteiger partial charge in [0.2, 0.25) is 0 Å². The first kappa shape index (κ1) is 21.5. The van der Waals surface area contributed by atoms with Crippen molar-refractivity contribution in [1.82, 2.24) is 19.5 Å². The van der Waals surface area contributed by atoms with Gasteiger partial charge in [0.15, 0.2) is 18.3 Å². The minimum atomic E-state index is 0.117. The largest absolute Gasteiger partial charge is 0.338 e. The second-order valence-electron chi connectivity index (χ2n) is 8.22. The lowest BCUT2D eigenvalue weighted by Crippen LogP contribution is -2.88. The Morgan fingerprint density at radius 1 is 1.38 bits per heavy atom. The molecule has 3 aromatic rings. The van der Waals surface area contributed by atoms with Gasteiger partial charge >= 0.3 is 0 Å². The number of nitrogens with two attached hydrogens (primary N) is 1. The molecule has 4 rings (SSSR count). The molecule has 0 saturated carbocycles. The van der Waals surface area contributed by atoms with Gasteiger partial charge in [0.05, 0.1) is 18.0 Å². The monoisotopic (exact) mass is 431 g/mol. The van der Waals surface area contributed by atoms with Crippen molar-refractivity contribution in [2.24, 2.45) is 16.1 Å². The van der Waals surface area contributed by atoms with Crippen LogP contribution in [0.3, 0.4) is 0 Å². The van der Waals surface area contributed by atoms with E-state index in [-0.39, 0.29) is 11.8 Å². The Bertz CT molecular complexity index is 1170. The number of azo groups is 1. The van der Waals surface area contributed by atoms with E-state index in [0.29, 0.717) is 24.1 Å². The van der Waals surface area contributed by atoms with E-state index >= 15 is 0 Å². The van der Waals surface area contributed by atoms with Crippen molar-refractivity contribution in [3.05, 3.63) is 54.0 Å². The van der Waals surface area contributed by atoms with E-state index in [1.54, 1.807) is 4.52 Å². The molecule has 0 bridgehead atoms. The highest BCUT2D eigenvalue weighted by atomic mass is 15.3. The molecule has 0 atom stereocenters. The smallest absolute Gasteiger partial charge is 0.189 e. The number of anilines is 2. The third-order valence-corrected chi connectivity index (χ3v) is 5.30. The Kier molecular flexibility index (Phi) is 6.49. The van der Waals surface area contributed by atoms with Crippen LogP contribution in [0, 0.1) is 22.7 Å². The molecule has 0 aliphatic carbocycles. The van der Waals surface area contributed by atoms with Crippen LogP contribution < -0.4 is 10.6 Å². The predicted octanol–water partition coefficient (Wildman–Crippen LogP) is 2.14. The summed E-state index contributed by atoms with van der Waals surface area (Å²) in [5, 5.41) is 35.0. The van der Waals surface area contributed by atoms with Crippen LogP contribution in [0.25, 0.3) is 5.52 Å². The van der Waals surface area contributed by atoms with Gasteiger partial charge in [-0.25, -0.2) is 9.50 Å². The molecule has 1 saturated heterocycles. The molecule has 164 valence electrons. The van der Waals surface area contributed by atoms with Gasteiger partial charge in [-0.2, -0.15) is 10.4 Å². The lowest BCUT2D eigenvalue weighted by molar-refractivity contribution is -0.682. The number of quaternary nitrogens is 1. The Hall–Kier alpha value is -3.68. The molecule has 1 aliphatic heterocycles. The van der Waals surface area contributed by atoms with E-state index in [9.17, 15) is 0 Å². The molecule has 3 heterocycles. The van der Waals surface area contributed by atoms with Gasteiger partial charge in [0.1, 0.15) is 11.8 Å². The van der Waals surface area contributed by atoms with Crippen LogP contribution in [0.5, 0.6) is 0 Å². The van der Waals surface area contributed by atoms with E-state index < -0.39 is 0 Å². The van der Waals surface area contributed by atoms with Crippen LogP contribution >= 0.6 is 0 Å². The molecule has 0 unspecified atom stereocenters. The molecule has 32 heavy (non-hydrogen) atoms. The Morgan fingerprint density at radius 2 is 2.22 bits per heavy atom. The summed E-state index contributed by atoms with van der Waals surface area (Å²) in [7, 11) is 0. The van der Waals surface area contributed by atoms with Crippen LogP contribution in [0.15, 0.2) is 53.1 Å². The molecular formula is C22H27N10+. The molecule has 1 aromatic carbocycles. The maximum absolute atomic E-state index is 9.01. The molecule has 1 aliphatic rings. The second kappa shape index (κ2) is 9.64. The average Bonchev–Trinajstić information content (AvgIpc) is 3.17. The molecule has 4 N–H and O–H groups in total. The molecule has 10 heteroatoms. The van der Waals surface area contributed by atoms with E-state index in [4.69, 9.17) is 10.7 Å². The third-order valence-electron chi connectivity index (χ3n) is 5.30. The van der Waals surface area contributed by atoms with Crippen molar-refractivity contribution in [3.8, 4) is 6.07 Å². The molecule has 10 nitrogen and oxygen atoms in total. The predicted molar refractivity (Wildman–Crippen MR) is 121 cm³/mol. The zero-order valence-corrected chi connectivity index (χ0v) is 18.2. The Morgan fingerprint density at radius 3 is 3.00 bits per heavy atom. The van der Waals surface area contributed by atoms with Gasteiger partial charge in [-0.1, -0.05) is 12.1 Å². The summed E-state index contributed by atoms with van der Waals surface area (Å²) in [6, 6.07) is 12.3. The van der Waals surface area contributed by atoms with Crippen LogP contribution in [-0.4, -0.2) is 51.1 Å². The summed E-state index contributed by atoms with van der Waals surface area (Å²) in [6.07, 6.45) is 3.43. The van der Waals surface area contributed by atoms with Crippen molar-refractivity contribution in [2.45, 2.75) is 26.4 Å². The fourth-order valence-corrected chi connectivity index (χ4v) is 3.57. The highest BCUT2D eigenvalue weighted by Gasteiger charge is 2.27. The second-order valence-corrected chi connectivity index (χ2v) is 8.22. The van der Waals surface area contributed by atoms with E-state index in [0.717, 1.165) is 36.4 Å². The van der Waals surface area contributed by atoms with Crippen molar-refractivity contribution in [1.29, 1.82) is 10.7 Å². The van der Waals surface area contributed by atoms with Gasteiger partial charge in [-0.15, -0.1) is 10.2 Å². The van der Waals surface area contributed by atoms with E-state index in [1.165, 1.54) is 6.33 Å².